The van der Waals surface area contributed by atoms with Crippen molar-refractivity contribution < 1.29 is 13.9 Å². The van der Waals surface area contributed by atoms with Crippen LogP contribution >= 0.6 is 26.9 Å². The van der Waals surface area contributed by atoms with Gasteiger partial charge in [0.05, 0.1) is 11.4 Å². The second-order valence-corrected chi connectivity index (χ2v) is 12.3. The molecule has 0 saturated heterocycles. The molecule has 0 unspecified atom stereocenters. The van der Waals surface area contributed by atoms with E-state index in [-0.39, 0.29) is 0 Å². The summed E-state index contributed by atoms with van der Waals surface area (Å²) >= 11 is 6.80. The Hall–Kier alpha value is -0.598. The van der Waals surface area contributed by atoms with Gasteiger partial charge in [0.2, 0.25) is 0 Å². The molecule has 0 aromatic heterocycles. The minimum absolute atomic E-state index is 0.575. The third-order valence-electron chi connectivity index (χ3n) is 3.35. The van der Waals surface area contributed by atoms with E-state index < -0.39 is 0 Å². The normalized spacial score (nSPS) is 11.0. The summed E-state index contributed by atoms with van der Waals surface area (Å²) in [6.45, 7) is 8.29. The van der Waals surface area contributed by atoms with Gasteiger partial charge in [-0.1, -0.05) is 36.4 Å². The van der Waals surface area contributed by atoms with Crippen molar-refractivity contribution >= 4 is 50.7 Å². The van der Waals surface area contributed by atoms with Crippen LogP contribution in [0.2, 0.25) is 0 Å². The van der Waals surface area contributed by atoms with Gasteiger partial charge in [0.1, 0.15) is 0 Å². The third-order valence-corrected chi connectivity index (χ3v) is 3.35. The second kappa shape index (κ2) is 11.0. The number of hydrogen-bond donors (Lipinski definition) is 0. The summed E-state index contributed by atoms with van der Waals surface area (Å²) in [5.74, 6) is 0. The first-order valence-corrected chi connectivity index (χ1v) is 14.1. The Balaban J connectivity index is 0.000000816. The van der Waals surface area contributed by atoms with Crippen LogP contribution in [0.4, 0.5) is 11.4 Å². The summed E-state index contributed by atoms with van der Waals surface area (Å²) in [6.07, 6.45) is 3.53. The summed E-state index contributed by atoms with van der Waals surface area (Å²) in [6, 6.07) is 12.4. The van der Waals surface area contributed by atoms with Crippen molar-refractivity contribution in [2.75, 3.05) is 0 Å². The van der Waals surface area contributed by atoms with Gasteiger partial charge in [-0.15, -0.1) is 0 Å². The SMILES string of the molecule is Cc1cccc(C)c1N=CC=Nc1c(C)cccc1C.[Br][Pd][Br]. The number of aliphatic imine (C=N–C) groups is 2. The first kappa shape index (κ1) is 20.4. The van der Waals surface area contributed by atoms with Gasteiger partial charge in [0, 0.05) is 12.4 Å². The zero-order valence-corrected chi connectivity index (χ0v) is 18.3. The Morgan fingerprint density at radius 1 is 0.696 bits per heavy atom. The van der Waals surface area contributed by atoms with Crippen LogP contribution in [0.1, 0.15) is 22.3 Å². The Morgan fingerprint density at radius 2 is 0.957 bits per heavy atom. The molecule has 0 aliphatic heterocycles. The molecule has 2 rings (SSSR count). The fraction of sp³-hybridized carbons (Fsp3) is 0.222. The predicted octanol–water partition coefficient (Wildman–Crippen LogP) is 6.71. The Kier molecular flexibility index (Phi) is 9.82. The number of nitrogens with zero attached hydrogens (tertiary/aromatic N) is 2. The molecule has 23 heavy (non-hydrogen) atoms. The maximum atomic E-state index is 4.51. The minimum atomic E-state index is 0.575. The molecule has 0 heterocycles. The van der Waals surface area contributed by atoms with E-state index in [1.165, 1.54) is 22.3 Å². The van der Waals surface area contributed by atoms with E-state index in [4.69, 9.17) is 0 Å². The molecule has 0 saturated carbocycles. The number of halogens is 2. The van der Waals surface area contributed by atoms with E-state index in [9.17, 15) is 0 Å². The van der Waals surface area contributed by atoms with Crippen LogP contribution in [0.25, 0.3) is 0 Å². The van der Waals surface area contributed by atoms with Gasteiger partial charge in [0.25, 0.3) is 0 Å². The third kappa shape index (κ3) is 6.81. The van der Waals surface area contributed by atoms with Crippen molar-refractivity contribution in [1.29, 1.82) is 0 Å². The van der Waals surface area contributed by atoms with E-state index in [2.05, 4.69) is 101 Å². The second-order valence-electron chi connectivity index (χ2n) is 5.08. The fourth-order valence-electron chi connectivity index (χ4n) is 2.23. The van der Waals surface area contributed by atoms with Crippen molar-refractivity contribution in [2.45, 2.75) is 27.7 Å². The van der Waals surface area contributed by atoms with Gasteiger partial charge in [-0.3, -0.25) is 9.98 Å². The molecule has 0 N–H and O–H groups in total. The Morgan fingerprint density at radius 3 is 1.22 bits per heavy atom. The number of hydrogen-bond acceptors (Lipinski definition) is 2. The van der Waals surface area contributed by atoms with E-state index >= 15 is 0 Å². The predicted molar refractivity (Wildman–Crippen MR) is 106 cm³/mol. The molecule has 0 aliphatic rings. The average molecular weight is 531 g/mol. The summed E-state index contributed by atoms with van der Waals surface area (Å²) < 4.78 is 0. The molecule has 0 amide bonds. The molecule has 2 nitrogen and oxygen atoms in total. The van der Waals surface area contributed by atoms with Crippen molar-refractivity contribution in [1.82, 2.24) is 0 Å². The number of para-hydroxylation sites is 2. The van der Waals surface area contributed by atoms with Crippen molar-refractivity contribution in [3.63, 3.8) is 0 Å². The molecule has 2 aromatic carbocycles. The zero-order valence-electron chi connectivity index (χ0n) is 13.6. The molecular formula is C18H20Br2N2Pd. The Bertz CT molecular complexity index is 597. The number of benzene rings is 2. The van der Waals surface area contributed by atoms with E-state index in [0.717, 1.165) is 11.4 Å². The van der Waals surface area contributed by atoms with Crippen LogP contribution in [0.3, 0.4) is 0 Å². The molecule has 0 spiro atoms. The van der Waals surface area contributed by atoms with Crippen molar-refractivity contribution in [3.05, 3.63) is 58.7 Å². The monoisotopic (exact) mass is 528 g/mol. The molecule has 0 radical (unpaired) electrons. The van der Waals surface area contributed by atoms with Gasteiger partial charge >= 0.3 is 40.8 Å². The van der Waals surface area contributed by atoms with Crippen LogP contribution in [-0.2, 0) is 13.9 Å². The van der Waals surface area contributed by atoms with E-state index in [0.29, 0.717) is 13.9 Å². The standard InChI is InChI=1S/C18H20N2.2BrH.Pd/c1-13-7-5-8-14(2)17(13)19-11-12-20-18-15(3)9-6-10-16(18)4;;;/h5-12H,1-4H3;2*1H;/q;;;+2/p-2. The zero-order chi connectivity index (χ0) is 17.2. The average Bonchev–Trinajstić information content (AvgIpc) is 2.49. The van der Waals surface area contributed by atoms with Crippen molar-refractivity contribution in [2.24, 2.45) is 9.98 Å². The first-order valence-electron chi connectivity index (χ1n) is 7.02. The van der Waals surface area contributed by atoms with Crippen LogP contribution < -0.4 is 0 Å². The van der Waals surface area contributed by atoms with Gasteiger partial charge in [-0.2, -0.15) is 0 Å². The van der Waals surface area contributed by atoms with Crippen LogP contribution in [0.5, 0.6) is 0 Å². The summed E-state index contributed by atoms with van der Waals surface area (Å²) in [7, 11) is 0. The van der Waals surface area contributed by atoms with Crippen LogP contribution in [-0.4, -0.2) is 12.4 Å². The molecular weight excluding hydrogens is 510 g/mol. The van der Waals surface area contributed by atoms with Gasteiger partial charge in [0.15, 0.2) is 0 Å². The maximum absolute atomic E-state index is 4.51. The van der Waals surface area contributed by atoms with Crippen LogP contribution in [0.15, 0.2) is 46.4 Å². The molecule has 0 atom stereocenters. The van der Waals surface area contributed by atoms with Crippen molar-refractivity contribution in [3.8, 4) is 0 Å². The summed E-state index contributed by atoms with van der Waals surface area (Å²) in [5, 5.41) is 0. The molecule has 2 aromatic rings. The topological polar surface area (TPSA) is 24.7 Å². The molecule has 0 bridgehead atoms. The summed E-state index contributed by atoms with van der Waals surface area (Å²) in [5.41, 5.74) is 6.79. The van der Waals surface area contributed by atoms with E-state index in [1.807, 2.05) is 0 Å². The van der Waals surface area contributed by atoms with Crippen LogP contribution in [0, 0.1) is 27.7 Å². The Labute approximate surface area is 160 Å². The number of aryl methyl sites for hydroxylation is 4. The quantitative estimate of drug-likeness (QED) is 0.311. The number of rotatable bonds is 3. The summed E-state index contributed by atoms with van der Waals surface area (Å²) in [4.78, 5) is 9.01. The first-order chi connectivity index (χ1) is 11.0. The fourth-order valence-corrected chi connectivity index (χ4v) is 2.23. The molecule has 126 valence electrons. The van der Waals surface area contributed by atoms with Gasteiger partial charge in [-0.05, 0) is 49.9 Å². The molecule has 5 heteroatoms. The molecule has 0 aliphatic carbocycles. The van der Waals surface area contributed by atoms with Gasteiger partial charge < -0.3 is 0 Å². The molecule has 0 fully saturated rings. The van der Waals surface area contributed by atoms with E-state index in [1.54, 1.807) is 12.4 Å². The van der Waals surface area contributed by atoms with Gasteiger partial charge in [-0.25, -0.2) is 0 Å².